The number of furan rings is 1. The first-order valence-corrected chi connectivity index (χ1v) is 7.64. The quantitative estimate of drug-likeness (QED) is 0.714. The summed E-state index contributed by atoms with van der Waals surface area (Å²) in [5.74, 6) is 0.908. The maximum atomic E-state index is 12.0. The van der Waals surface area contributed by atoms with Crippen molar-refractivity contribution in [3.05, 3.63) is 48.6 Å². The molecule has 2 heterocycles. The number of aryl methyl sites for hydroxylation is 1. The molecule has 2 N–H and O–H groups in total. The molecule has 0 aliphatic carbocycles. The Hall–Kier alpha value is -3.42. The number of amides is 2. The second-order valence-electron chi connectivity index (χ2n) is 5.30. The van der Waals surface area contributed by atoms with E-state index in [4.69, 9.17) is 8.94 Å². The number of nitrogens with one attached hydrogen (secondary N) is 2. The van der Waals surface area contributed by atoms with Crippen molar-refractivity contribution in [2.24, 2.45) is 0 Å². The Labute approximate surface area is 143 Å². The normalized spacial score (nSPS) is 10.4. The van der Waals surface area contributed by atoms with Gasteiger partial charge in [-0.3, -0.25) is 9.59 Å². The highest BCUT2D eigenvalue weighted by molar-refractivity contribution is 5.92. The monoisotopic (exact) mass is 340 g/mol. The molecule has 8 heteroatoms. The van der Waals surface area contributed by atoms with Gasteiger partial charge >= 0.3 is 0 Å². The molecule has 3 rings (SSSR count). The van der Waals surface area contributed by atoms with Crippen LogP contribution in [0.1, 0.15) is 19.2 Å². The van der Waals surface area contributed by atoms with Gasteiger partial charge in [-0.15, -0.1) is 0 Å². The summed E-state index contributed by atoms with van der Waals surface area (Å²) >= 11 is 0. The van der Waals surface area contributed by atoms with Crippen molar-refractivity contribution in [3.63, 3.8) is 0 Å². The Morgan fingerprint density at radius 1 is 1.08 bits per heavy atom. The molecule has 1 aromatic carbocycles. The van der Waals surface area contributed by atoms with Gasteiger partial charge in [0.25, 0.3) is 0 Å². The summed E-state index contributed by atoms with van der Waals surface area (Å²) in [7, 11) is 0. The fraction of sp³-hybridized carbons (Fsp3) is 0.176. The van der Waals surface area contributed by atoms with Gasteiger partial charge in [0.05, 0.1) is 6.26 Å². The molecule has 0 bridgehead atoms. The zero-order valence-corrected chi connectivity index (χ0v) is 13.5. The van der Waals surface area contributed by atoms with Crippen LogP contribution in [-0.2, 0) is 16.0 Å². The summed E-state index contributed by atoms with van der Waals surface area (Å²) < 4.78 is 10.3. The predicted molar refractivity (Wildman–Crippen MR) is 89.7 cm³/mol. The van der Waals surface area contributed by atoms with Gasteiger partial charge in [0, 0.05) is 31.1 Å². The molecule has 0 radical (unpaired) electrons. The Morgan fingerprint density at radius 3 is 2.44 bits per heavy atom. The summed E-state index contributed by atoms with van der Waals surface area (Å²) in [5, 5.41) is 9.23. The maximum absolute atomic E-state index is 12.0. The highest BCUT2D eigenvalue weighted by Gasteiger charge is 2.12. The summed E-state index contributed by atoms with van der Waals surface area (Å²) in [6.07, 6.45) is 2.05. The molecule has 8 nitrogen and oxygen atoms in total. The Morgan fingerprint density at radius 2 is 1.80 bits per heavy atom. The third kappa shape index (κ3) is 4.54. The number of rotatable bonds is 6. The van der Waals surface area contributed by atoms with Crippen molar-refractivity contribution in [2.75, 3.05) is 10.6 Å². The number of aromatic nitrogens is 2. The van der Waals surface area contributed by atoms with Crippen molar-refractivity contribution in [3.8, 4) is 11.6 Å². The smallest absolute Gasteiger partial charge is 0.238 e. The highest BCUT2D eigenvalue weighted by atomic mass is 16.5. The van der Waals surface area contributed by atoms with Crippen LogP contribution in [0.4, 0.5) is 11.4 Å². The molecule has 3 aromatic rings. The molecule has 0 saturated carbocycles. The van der Waals surface area contributed by atoms with Crippen LogP contribution in [0.25, 0.3) is 11.6 Å². The first-order valence-electron chi connectivity index (χ1n) is 7.64. The lowest BCUT2D eigenvalue weighted by Crippen LogP contribution is -2.12. The molecule has 0 aliphatic rings. The number of benzene rings is 1. The predicted octanol–water partition coefficient (Wildman–Crippen LogP) is 2.86. The fourth-order valence-corrected chi connectivity index (χ4v) is 2.15. The van der Waals surface area contributed by atoms with Crippen LogP contribution in [-0.4, -0.2) is 22.0 Å². The van der Waals surface area contributed by atoms with E-state index in [9.17, 15) is 9.59 Å². The van der Waals surface area contributed by atoms with Crippen molar-refractivity contribution in [1.82, 2.24) is 10.1 Å². The third-order valence-corrected chi connectivity index (χ3v) is 3.26. The highest BCUT2D eigenvalue weighted by Crippen LogP contribution is 2.17. The molecular formula is C17H16N4O4. The second kappa shape index (κ2) is 7.43. The third-order valence-electron chi connectivity index (χ3n) is 3.26. The molecule has 0 unspecified atom stereocenters. The Kier molecular flexibility index (Phi) is 4.89. The summed E-state index contributed by atoms with van der Waals surface area (Å²) in [6, 6.07) is 10.3. The first kappa shape index (κ1) is 16.4. The molecule has 0 aliphatic heterocycles. The van der Waals surface area contributed by atoms with Gasteiger partial charge in [-0.05, 0) is 36.4 Å². The lowest BCUT2D eigenvalue weighted by molar-refractivity contribution is -0.116. The molecule has 25 heavy (non-hydrogen) atoms. The van der Waals surface area contributed by atoms with Crippen LogP contribution in [0.2, 0.25) is 0 Å². The van der Waals surface area contributed by atoms with Crippen molar-refractivity contribution < 1.29 is 18.5 Å². The molecule has 0 saturated heterocycles. The van der Waals surface area contributed by atoms with E-state index in [0.717, 1.165) is 0 Å². The molecule has 0 spiro atoms. The summed E-state index contributed by atoms with van der Waals surface area (Å²) in [6.45, 7) is 1.44. The van der Waals surface area contributed by atoms with E-state index in [1.807, 2.05) is 0 Å². The van der Waals surface area contributed by atoms with Gasteiger partial charge < -0.3 is 19.6 Å². The molecule has 2 amide bonds. The zero-order chi connectivity index (χ0) is 17.6. The molecule has 0 fully saturated rings. The van der Waals surface area contributed by atoms with E-state index in [2.05, 4.69) is 20.8 Å². The van der Waals surface area contributed by atoms with Crippen LogP contribution >= 0.6 is 0 Å². The van der Waals surface area contributed by atoms with Gasteiger partial charge in [0.15, 0.2) is 5.76 Å². The number of hydrogen-bond acceptors (Lipinski definition) is 6. The Balaban J connectivity index is 1.50. The number of hydrogen-bond donors (Lipinski definition) is 2. The van der Waals surface area contributed by atoms with Gasteiger partial charge in [-0.25, -0.2) is 0 Å². The first-order chi connectivity index (χ1) is 12.1. The number of nitrogens with zero attached hydrogens (tertiary/aromatic N) is 2. The minimum atomic E-state index is -0.176. The fourth-order valence-electron chi connectivity index (χ4n) is 2.15. The van der Waals surface area contributed by atoms with Gasteiger partial charge in [-0.1, -0.05) is 5.16 Å². The van der Waals surface area contributed by atoms with Gasteiger partial charge in [-0.2, -0.15) is 4.98 Å². The number of anilines is 2. The average Bonchev–Trinajstić information content (AvgIpc) is 3.25. The topological polar surface area (TPSA) is 110 Å². The standard InChI is InChI=1S/C17H16N4O4/c1-11(22)18-12-4-6-13(7-5-12)19-15(23)8-9-16-20-17(21-25-16)14-3-2-10-24-14/h2-7,10H,8-9H2,1H3,(H,18,22)(H,19,23). The number of carbonyl (C=O) groups excluding carboxylic acids is 2. The average molecular weight is 340 g/mol. The van der Waals surface area contributed by atoms with E-state index in [1.54, 1.807) is 36.4 Å². The van der Waals surface area contributed by atoms with Crippen molar-refractivity contribution >= 4 is 23.2 Å². The second-order valence-corrected chi connectivity index (χ2v) is 5.30. The van der Waals surface area contributed by atoms with Crippen LogP contribution in [0.5, 0.6) is 0 Å². The molecular weight excluding hydrogens is 324 g/mol. The molecule has 0 atom stereocenters. The van der Waals surface area contributed by atoms with Crippen LogP contribution in [0, 0.1) is 0 Å². The minimum Gasteiger partial charge on any atom is -0.461 e. The summed E-state index contributed by atoms with van der Waals surface area (Å²) in [4.78, 5) is 27.1. The Bertz CT molecular complexity index is 853. The van der Waals surface area contributed by atoms with E-state index in [-0.39, 0.29) is 18.2 Å². The zero-order valence-electron chi connectivity index (χ0n) is 13.5. The van der Waals surface area contributed by atoms with E-state index in [1.165, 1.54) is 13.2 Å². The van der Waals surface area contributed by atoms with E-state index >= 15 is 0 Å². The van der Waals surface area contributed by atoms with Crippen molar-refractivity contribution in [2.45, 2.75) is 19.8 Å². The SMILES string of the molecule is CC(=O)Nc1ccc(NC(=O)CCc2nc(-c3ccco3)no2)cc1. The largest absolute Gasteiger partial charge is 0.461 e. The van der Waals surface area contributed by atoms with E-state index < -0.39 is 0 Å². The van der Waals surface area contributed by atoms with Gasteiger partial charge in [0.1, 0.15) is 0 Å². The lowest BCUT2D eigenvalue weighted by atomic mass is 10.2. The minimum absolute atomic E-state index is 0.148. The van der Waals surface area contributed by atoms with Crippen LogP contribution < -0.4 is 10.6 Å². The number of carbonyl (C=O) groups is 2. The maximum Gasteiger partial charge on any atom is 0.238 e. The van der Waals surface area contributed by atoms with Crippen molar-refractivity contribution in [1.29, 1.82) is 0 Å². The van der Waals surface area contributed by atoms with E-state index in [0.29, 0.717) is 35.3 Å². The molecule has 128 valence electrons. The van der Waals surface area contributed by atoms with Crippen LogP contribution in [0.3, 0.4) is 0 Å². The summed E-state index contributed by atoms with van der Waals surface area (Å²) in [5.41, 5.74) is 1.31. The van der Waals surface area contributed by atoms with Gasteiger partial charge in [0.2, 0.25) is 23.5 Å². The van der Waals surface area contributed by atoms with Crippen LogP contribution in [0.15, 0.2) is 51.6 Å². The lowest BCUT2D eigenvalue weighted by Gasteiger charge is -2.06. The molecule has 2 aromatic heterocycles.